The summed E-state index contributed by atoms with van der Waals surface area (Å²) in [5, 5.41) is 17.3. The van der Waals surface area contributed by atoms with Gasteiger partial charge < -0.3 is 15.3 Å². The summed E-state index contributed by atoms with van der Waals surface area (Å²) < 4.78 is 1.72. The number of benzene rings is 1. The molecule has 1 aliphatic heterocycles. The first kappa shape index (κ1) is 20.0. The number of carbonyl (C=O) groups excluding carboxylic acids is 2. The third-order valence-electron chi connectivity index (χ3n) is 5.43. The molecule has 0 radical (unpaired) electrons. The fraction of sp³-hybridized carbons (Fsp3) is 0.364. The van der Waals surface area contributed by atoms with Gasteiger partial charge in [0.05, 0.1) is 11.8 Å². The summed E-state index contributed by atoms with van der Waals surface area (Å²) in [6.07, 6.45) is 2.15. The molecule has 1 fully saturated rings. The Morgan fingerprint density at radius 2 is 1.97 bits per heavy atom. The molecule has 3 heterocycles. The smallest absolute Gasteiger partial charge is 0.256 e. The molecule has 3 aromatic rings. The standard InChI is InChI=1S/C22H25N5O3/c1-14-13-26(11-9-17(14)28)20-12-18(24-19-8-10-23-27(19)20)25-21(29)15-4-6-16(7-5-15)22(2,3)30/h4-8,10,12,14,30H,9,11,13H2,1-3H3,(H,24,25,29). The van der Waals surface area contributed by atoms with Gasteiger partial charge in [-0.25, -0.2) is 4.98 Å². The number of ketones is 1. The second-order valence-corrected chi connectivity index (χ2v) is 8.25. The number of rotatable bonds is 4. The van der Waals surface area contributed by atoms with Gasteiger partial charge in [-0.15, -0.1) is 0 Å². The molecule has 2 N–H and O–H groups in total. The molecule has 0 spiro atoms. The third-order valence-corrected chi connectivity index (χ3v) is 5.43. The summed E-state index contributed by atoms with van der Waals surface area (Å²) in [4.78, 5) is 31.2. The van der Waals surface area contributed by atoms with E-state index >= 15 is 0 Å². The van der Waals surface area contributed by atoms with Crippen LogP contribution in [0.2, 0.25) is 0 Å². The average molecular weight is 407 g/mol. The van der Waals surface area contributed by atoms with Crippen LogP contribution in [-0.4, -0.2) is 44.5 Å². The van der Waals surface area contributed by atoms with Crippen LogP contribution in [0.4, 0.5) is 11.6 Å². The van der Waals surface area contributed by atoms with Crippen LogP contribution in [0, 0.1) is 5.92 Å². The number of Topliss-reactive ketones (excluding diaryl/α,β-unsaturated/α-hetero) is 1. The summed E-state index contributed by atoms with van der Waals surface area (Å²) in [5.41, 5.74) is 0.849. The maximum atomic E-state index is 12.7. The first-order valence-electron chi connectivity index (χ1n) is 9.99. The average Bonchev–Trinajstić information content (AvgIpc) is 3.17. The van der Waals surface area contributed by atoms with Crippen LogP contribution in [-0.2, 0) is 10.4 Å². The molecule has 0 aliphatic carbocycles. The van der Waals surface area contributed by atoms with Crippen molar-refractivity contribution in [2.75, 3.05) is 23.3 Å². The number of piperidine rings is 1. The molecule has 0 saturated carbocycles. The zero-order chi connectivity index (χ0) is 21.5. The van der Waals surface area contributed by atoms with Gasteiger partial charge in [0.2, 0.25) is 0 Å². The summed E-state index contributed by atoms with van der Waals surface area (Å²) >= 11 is 0. The van der Waals surface area contributed by atoms with Crippen molar-refractivity contribution >= 4 is 29.0 Å². The van der Waals surface area contributed by atoms with E-state index in [4.69, 9.17) is 0 Å². The van der Waals surface area contributed by atoms with Gasteiger partial charge in [-0.05, 0) is 31.5 Å². The van der Waals surface area contributed by atoms with Crippen molar-refractivity contribution in [3.63, 3.8) is 0 Å². The summed E-state index contributed by atoms with van der Waals surface area (Å²) in [7, 11) is 0. The summed E-state index contributed by atoms with van der Waals surface area (Å²) in [6.45, 7) is 6.53. The Bertz CT molecular complexity index is 1100. The Labute approximate surface area is 174 Å². The SMILES string of the molecule is CC1CN(c2cc(NC(=O)c3ccc(C(C)(C)O)cc3)nc3ccnn23)CCC1=O. The minimum Gasteiger partial charge on any atom is -0.386 e. The normalized spacial score (nSPS) is 17.4. The largest absolute Gasteiger partial charge is 0.386 e. The number of hydrogen-bond donors (Lipinski definition) is 2. The van der Waals surface area contributed by atoms with Crippen molar-refractivity contribution < 1.29 is 14.7 Å². The van der Waals surface area contributed by atoms with Crippen molar-refractivity contribution in [2.24, 2.45) is 5.92 Å². The minimum atomic E-state index is -0.967. The molecule has 4 rings (SSSR count). The molecular formula is C22H25N5O3. The van der Waals surface area contributed by atoms with Crippen molar-refractivity contribution in [3.8, 4) is 0 Å². The molecule has 30 heavy (non-hydrogen) atoms. The van der Waals surface area contributed by atoms with Crippen LogP contribution in [0.3, 0.4) is 0 Å². The lowest BCUT2D eigenvalue weighted by Crippen LogP contribution is -2.40. The van der Waals surface area contributed by atoms with Crippen molar-refractivity contribution in [1.82, 2.24) is 14.6 Å². The van der Waals surface area contributed by atoms with Gasteiger partial charge in [0.15, 0.2) is 5.65 Å². The monoisotopic (exact) mass is 407 g/mol. The molecule has 8 nitrogen and oxygen atoms in total. The first-order chi connectivity index (χ1) is 14.2. The second-order valence-electron chi connectivity index (χ2n) is 8.25. The molecule has 1 amide bonds. The molecule has 8 heteroatoms. The topological polar surface area (TPSA) is 99.8 Å². The zero-order valence-corrected chi connectivity index (χ0v) is 17.3. The van der Waals surface area contributed by atoms with Gasteiger partial charge in [0, 0.05) is 43.1 Å². The highest BCUT2D eigenvalue weighted by Crippen LogP contribution is 2.25. The Hall–Kier alpha value is -3.26. The van der Waals surface area contributed by atoms with Gasteiger partial charge >= 0.3 is 0 Å². The van der Waals surface area contributed by atoms with Crippen LogP contribution in [0.25, 0.3) is 5.65 Å². The number of fused-ring (bicyclic) bond motifs is 1. The maximum absolute atomic E-state index is 12.7. The highest BCUT2D eigenvalue weighted by molar-refractivity contribution is 6.04. The van der Waals surface area contributed by atoms with E-state index in [2.05, 4.69) is 20.3 Å². The molecule has 0 bridgehead atoms. The molecule has 1 aromatic carbocycles. The molecule has 156 valence electrons. The van der Waals surface area contributed by atoms with Crippen molar-refractivity contribution in [2.45, 2.75) is 32.8 Å². The highest BCUT2D eigenvalue weighted by Gasteiger charge is 2.26. The lowest BCUT2D eigenvalue weighted by Gasteiger charge is -2.32. The Morgan fingerprint density at radius 3 is 2.63 bits per heavy atom. The predicted octanol–water partition coefficient (Wildman–Crippen LogP) is 2.62. The van der Waals surface area contributed by atoms with E-state index in [1.54, 1.807) is 61.0 Å². The van der Waals surface area contributed by atoms with Gasteiger partial charge in [0.25, 0.3) is 5.91 Å². The number of carbonyl (C=O) groups is 2. The Balaban J connectivity index is 1.60. The van der Waals surface area contributed by atoms with Crippen LogP contribution in [0.1, 0.15) is 43.1 Å². The number of hydrogen-bond acceptors (Lipinski definition) is 6. The van der Waals surface area contributed by atoms with Gasteiger partial charge in [-0.3, -0.25) is 9.59 Å². The van der Waals surface area contributed by atoms with Crippen LogP contribution < -0.4 is 10.2 Å². The van der Waals surface area contributed by atoms with E-state index in [1.807, 2.05) is 6.92 Å². The molecular weight excluding hydrogens is 382 g/mol. The number of amides is 1. The molecule has 1 atom stereocenters. The second kappa shape index (κ2) is 7.53. The molecule has 1 unspecified atom stereocenters. The van der Waals surface area contributed by atoms with E-state index in [9.17, 15) is 14.7 Å². The molecule has 1 saturated heterocycles. The number of nitrogens with zero attached hydrogens (tertiary/aromatic N) is 4. The molecule has 2 aromatic heterocycles. The number of aromatic nitrogens is 3. The summed E-state index contributed by atoms with van der Waals surface area (Å²) in [6, 6.07) is 10.4. The van der Waals surface area contributed by atoms with Gasteiger partial charge in [0.1, 0.15) is 17.4 Å². The van der Waals surface area contributed by atoms with E-state index < -0.39 is 5.60 Å². The van der Waals surface area contributed by atoms with Crippen LogP contribution >= 0.6 is 0 Å². The zero-order valence-electron chi connectivity index (χ0n) is 17.3. The maximum Gasteiger partial charge on any atom is 0.256 e. The summed E-state index contributed by atoms with van der Waals surface area (Å²) in [5.74, 6) is 1.13. The fourth-order valence-corrected chi connectivity index (χ4v) is 3.63. The minimum absolute atomic E-state index is 0.0511. The van der Waals surface area contributed by atoms with Crippen LogP contribution in [0.5, 0.6) is 0 Å². The fourth-order valence-electron chi connectivity index (χ4n) is 3.63. The predicted molar refractivity (Wildman–Crippen MR) is 114 cm³/mol. The van der Waals surface area contributed by atoms with Crippen molar-refractivity contribution in [3.05, 3.63) is 53.7 Å². The quantitative estimate of drug-likeness (QED) is 0.690. The first-order valence-corrected chi connectivity index (χ1v) is 9.99. The number of nitrogens with one attached hydrogen (secondary N) is 1. The van der Waals surface area contributed by atoms with E-state index in [0.717, 1.165) is 11.4 Å². The molecule has 1 aliphatic rings. The number of anilines is 2. The van der Waals surface area contributed by atoms with Gasteiger partial charge in [-0.1, -0.05) is 19.1 Å². The van der Waals surface area contributed by atoms with E-state index in [-0.39, 0.29) is 17.6 Å². The third kappa shape index (κ3) is 3.91. The van der Waals surface area contributed by atoms with Crippen molar-refractivity contribution in [1.29, 1.82) is 0 Å². The Kier molecular flexibility index (Phi) is 5.03. The van der Waals surface area contributed by atoms with Gasteiger partial charge in [-0.2, -0.15) is 9.61 Å². The Morgan fingerprint density at radius 1 is 1.23 bits per heavy atom. The number of aliphatic hydroxyl groups is 1. The van der Waals surface area contributed by atoms with Crippen LogP contribution in [0.15, 0.2) is 42.6 Å². The van der Waals surface area contributed by atoms with E-state index in [0.29, 0.717) is 36.5 Å². The lowest BCUT2D eigenvalue weighted by atomic mass is 9.97. The highest BCUT2D eigenvalue weighted by atomic mass is 16.3. The lowest BCUT2D eigenvalue weighted by molar-refractivity contribution is -0.122. The van der Waals surface area contributed by atoms with E-state index in [1.165, 1.54) is 0 Å².